The molecule has 0 radical (unpaired) electrons. The first kappa shape index (κ1) is 35.2. The van der Waals surface area contributed by atoms with Crippen LogP contribution in [0.25, 0.3) is 0 Å². The summed E-state index contributed by atoms with van der Waals surface area (Å²) in [6, 6.07) is 0.129. The van der Waals surface area contributed by atoms with Crippen LogP contribution in [0.15, 0.2) is 9.53 Å². The molecule has 40 heavy (non-hydrogen) atoms. The largest absolute Gasteiger partial charge is 0.344 e. The molecular weight excluding hydrogens is 546 g/mol. The molecule has 0 bridgehead atoms. The molecule has 0 aromatic carbocycles. The van der Waals surface area contributed by atoms with E-state index in [1.165, 1.54) is 0 Å². The van der Waals surface area contributed by atoms with E-state index >= 15 is 0 Å². The fourth-order valence-corrected chi connectivity index (χ4v) is 9.71. The molecule has 0 saturated carbocycles. The second-order valence-corrected chi connectivity index (χ2v) is 18.4. The second-order valence-electron chi connectivity index (χ2n) is 14.7. The molecule has 2 saturated heterocycles. The molecule has 2 heterocycles. The first-order valence-electron chi connectivity index (χ1n) is 14.1. The highest BCUT2D eigenvalue weighted by atomic mass is 31.2. The van der Waals surface area contributed by atoms with Crippen LogP contribution in [0.5, 0.6) is 0 Å². The molecule has 2 unspecified atom stereocenters. The summed E-state index contributed by atoms with van der Waals surface area (Å²) < 4.78 is 36.0. The van der Waals surface area contributed by atoms with Crippen molar-refractivity contribution in [1.82, 2.24) is 19.6 Å². The van der Waals surface area contributed by atoms with Gasteiger partial charge < -0.3 is 37.7 Å². The van der Waals surface area contributed by atoms with Crippen LogP contribution in [0.2, 0.25) is 0 Å². The van der Waals surface area contributed by atoms with Gasteiger partial charge in [0.2, 0.25) is 26.9 Å². The Morgan fingerprint density at radius 2 is 1.02 bits per heavy atom. The maximum absolute atomic E-state index is 6.77. The Balaban J connectivity index is 2.35. The van der Waals surface area contributed by atoms with Crippen molar-refractivity contribution in [3.05, 3.63) is 0 Å². The SMILES string of the molecule is C=P(N=C1N(C)CC(CC(C)(C)OP(=C)(N=C2N(C)CCN2C)OC(C)(C)C)N1C)(OC(C)(C)C)OC(C)(C)C. The van der Waals surface area contributed by atoms with Gasteiger partial charge in [-0.1, -0.05) is 0 Å². The average molecular weight is 605 g/mol. The lowest BCUT2D eigenvalue weighted by molar-refractivity contribution is 0.0444. The van der Waals surface area contributed by atoms with Crippen LogP contribution in [0.4, 0.5) is 0 Å². The molecule has 2 atom stereocenters. The minimum absolute atomic E-state index is 0.129. The lowest BCUT2D eigenvalue weighted by atomic mass is 9.99. The summed E-state index contributed by atoms with van der Waals surface area (Å²) >= 11 is 0. The molecule has 2 aliphatic heterocycles. The Labute approximate surface area is 245 Å². The molecule has 234 valence electrons. The van der Waals surface area contributed by atoms with E-state index in [4.69, 9.17) is 27.6 Å². The summed E-state index contributed by atoms with van der Waals surface area (Å²) in [7, 11) is 2.47. The minimum Gasteiger partial charge on any atom is -0.344 e. The van der Waals surface area contributed by atoms with Crippen LogP contribution in [0.3, 0.4) is 0 Å². The summed E-state index contributed by atoms with van der Waals surface area (Å²) in [5, 5.41) is 0. The molecule has 10 nitrogen and oxygen atoms in total. The van der Waals surface area contributed by atoms with Gasteiger partial charge in [0.1, 0.15) is 0 Å². The van der Waals surface area contributed by atoms with Crippen molar-refractivity contribution in [1.29, 1.82) is 0 Å². The summed E-state index contributed by atoms with van der Waals surface area (Å²) in [6.45, 7) is 24.8. The Hall–Kier alpha value is -1.02. The predicted octanol–water partition coefficient (Wildman–Crippen LogP) is 5.84. The zero-order valence-electron chi connectivity index (χ0n) is 28.0. The van der Waals surface area contributed by atoms with Crippen LogP contribution >= 0.6 is 15.0 Å². The van der Waals surface area contributed by atoms with E-state index in [2.05, 4.69) is 53.1 Å². The van der Waals surface area contributed by atoms with Gasteiger partial charge in [0, 0.05) is 47.8 Å². The van der Waals surface area contributed by atoms with Crippen molar-refractivity contribution in [2.24, 2.45) is 9.53 Å². The third kappa shape index (κ3) is 10.7. The number of likely N-dealkylation sites (N-methyl/N-ethyl adjacent to an activating group) is 4. The van der Waals surface area contributed by atoms with Gasteiger partial charge in [0.25, 0.3) is 0 Å². The van der Waals surface area contributed by atoms with Crippen molar-refractivity contribution in [2.45, 2.75) is 111 Å². The normalized spacial score (nSPS) is 22.5. The molecule has 0 spiro atoms. The highest BCUT2D eigenvalue weighted by Crippen LogP contribution is 2.57. The van der Waals surface area contributed by atoms with Crippen molar-refractivity contribution in [2.75, 3.05) is 47.8 Å². The quantitative estimate of drug-likeness (QED) is 0.304. The van der Waals surface area contributed by atoms with Gasteiger partial charge in [-0.15, -0.1) is 0 Å². The molecule has 0 amide bonds. The molecule has 0 aromatic rings. The Morgan fingerprint density at radius 3 is 1.43 bits per heavy atom. The number of hydrogen-bond donors (Lipinski definition) is 0. The first-order chi connectivity index (χ1) is 17.7. The summed E-state index contributed by atoms with van der Waals surface area (Å²) in [5.74, 6) is 1.65. The number of nitrogens with zero attached hydrogens (tertiary/aromatic N) is 6. The summed E-state index contributed by atoms with van der Waals surface area (Å²) in [4.78, 5) is 8.57. The van der Waals surface area contributed by atoms with Crippen LogP contribution in [0, 0.1) is 0 Å². The first-order valence-corrected chi connectivity index (χ1v) is 17.6. The van der Waals surface area contributed by atoms with E-state index in [-0.39, 0.29) is 6.04 Å². The van der Waals surface area contributed by atoms with E-state index in [1.54, 1.807) is 0 Å². The van der Waals surface area contributed by atoms with Gasteiger partial charge in [-0.2, -0.15) is 9.53 Å². The Morgan fingerprint density at radius 1 is 0.650 bits per heavy atom. The Bertz CT molecular complexity index is 1020. The lowest BCUT2D eigenvalue weighted by Gasteiger charge is -2.38. The van der Waals surface area contributed by atoms with Crippen molar-refractivity contribution >= 4 is 39.5 Å². The Kier molecular flexibility index (Phi) is 10.5. The third-order valence-corrected chi connectivity index (χ3v) is 10.2. The molecule has 0 aliphatic carbocycles. The lowest BCUT2D eigenvalue weighted by Crippen LogP contribution is -2.38. The van der Waals surface area contributed by atoms with Crippen molar-refractivity contribution < 1.29 is 18.1 Å². The number of rotatable bonds is 9. The van der Waals surface area contributed by atoms with Gasteiger partial charge in [-0.25, -0.2) is 0 Å². The van der Waals surface area contributed by atoms with E-state index in [9.17, 15) is 0 Å². The van der Waals surface area contributed by atoms with Crippen LogP contribution < -0.4 is 0 Å². The molecule has 0 N–H and O–H groups in total. The van der Waals surface area contributed by atoms with Crippen molar-refractivity contribution in [3.63, 3.8) is 0 Å². The van der Waals surface area contributed by atoms with E-state index in [1.807, 2.05) is 83.5 Å². The van der Waals surface area contributed by atoms with E-state index < -0.39 is 37.4 Å². The third-order valence-electron chi connectivity index (χ3n) is 5.99. The van der Waals surface area contributed by atoms with Crippen LogP contribution in [-0.2, 0) is 18.1 Å². The zero-order chi connectivity index (χ0) is 31.1. The van der Waals surface area contributed by atoms with Gasteiger partial charge in [0.05, 0.1) is 28.4 Å². The molecule has 2 fully saturated rings. The molecule has 0 aromatic heterocycles. The fraction of sp³-hybridized carbons (Fsp3) is 0.857. The van der Waals surface area contributed by atoms with Gasteiger partial charge >= 0.3 is 0 Å². The number of guanidine groups is 2. The summed E-state index contributed by atoms with van der Waals surface area (Å²) in [5.41, 5.74) is -1.94. The molecule has 2 rings (SSSR count). The maximum Gasteiger partial charge on any atom is 0.238 e. The molecular formula is C28H58N6O4P2. The van der Waals surface area contributed by atoms with Crippen molar-refractivity contribution in [3.8, 4) is 0 Å². The minimum atomic E-state index is -2.88. The highest BCUT2D eigenvalue weighted by molar-refractivity contribution is 7.63. The van der Waals surface area contributed by atoms with E-state index in [0.29, 0.717) is 0 Å². The van der Waals surface area contributed by atoms with Gasteiger partial charge in [0.15, 0.2) is 0 Å². The zero-order valence-corrected chi connectivity index (χ0v) is 29.8. The van der Waals surface area contributed by atoms with Gasteiger partial charge in [-0.3, -0.25) is 0 Å². The van der Waals surface area contributed by atoms with Crippen LogP contribution in [-0.4, -0.2) is 120 Å². The predicted molar refractivity (Wildman–Crippen MR) is 175 cm³/mol. The topological polar surface area (TPSA) is 74.6 Å². The summed E-state index contributed by atoms with van der Waals surface area (Å²) in [6.07, 6.45) is 9.55. The molecule has 12 heteroatoms. The average Bonchev–Trinajstić information content (AvgIpc) is 3.09. The monoisotopic (exact) mass is 604 g/mol. The fourth-order valence-electron chi connectivity index (χ4n) is 4.91. The molecule has 2 aliphatic rings. The standard InChI is InChI=1S/C28H58N6O4P2/c1-25(2,3)35-39(16,36-26(4,5)6)30-24-33(14)21-22(34(24)15)20-28(10,11)38-40(17,37-27(7,8)9)29-23-31(12)18-19-32(23)13/h22H,16-21H2,1-15H3. The maximum atomic E-state index is 6.77. The highest BCUT2D eigenvalue weighted by Gasteiger charge is 2.41. The number of hydrogen-bond acceptors (Lipinski definition) is 6. The van der Waals surface area contributed by atoms with E-state index in [0.717, 1.165) is 38.0 Å². The van der Waals surface area contributed by atoms with Gasteiger partial charge in [-0.05, 0) is 95.2 Å². The smallest absolute Gasteiger partial charge is 0.238 e. The van der Waals surface area contributed by atoms with Crippen LogP contribution in [0.1, 0.15) is 82.6 Å². The second kappa shape index (κ2) is 11.9.